The Bertz CT molecular complexity index is 816. The summed E-state index contributed by atoms with van der Waals surface area (Å²) < 4.78 is 5.37. The topological polar surface area (TPSA) is 80.3 Å². The van der Waals surface area contributed by atoms with Crippen molar-refractivity contribution < 1.29 is 14.3 Å². The summed E-state index contributed by atoms with van der Waals surface area (Å²) in [6.45, 7) is 4.06. The second-order valence-electron chi connectivity index (χ2n) is 5.89. The largest absolute Gasteiger partial charge is 0.484 e. The minimum absolute atomic E-state index is 0.126. The Balaban J connectivity index is 1.66. The first-order chi connectivity index (χ1) is 13.5. The molecule has 8 heteroatoms. The molecule has 148 valence electrons. The monoisotopic (exact) mass is 421 g/mol. The van der Waals surface area contributed by atoms with Crippen LogP contribution in [0.2, 0.25) is 10.0 Å². The number of hydrogen-bond donors (Lipinski definition) is 2. The van der Waals surface area contributed by atoms with E-state index in [1.165, 1.54) is 0 Å². The second-order valence-corrected chi connectivity index (χ2v) is 6.70. The highest BCUT2D eigenvalue weighted by Crippen LogP contribution is 2.26. The zero-order chi connectivity index (χ0) is 20.4. The van der Waals surface area contributed by atoms with Crippen LogP contribution >= 0.6 is 23.2 Å². The fourth-order valence-corrected chi connectivity index (χ4v) is 2.59. The molecule has 0 aliphatic rings. The van der Waals surface area contributed by atoms with Gasteiger partial charge in [0.15, 0.2) is 6.61 Å². The van der Waals surface area contributed by atoms with Gasteiger partial charge in [0.2, 0.25) is 0 Å². The molecule has 28 heavy (non-hydrogen) atoms. The first-order valence-electron chi connectivity index (χ1n) is 8.68. The van der Waals surface area contributed by atoms with Crippen LogP contribution < -0.4 is 15.4 Å². The van der Waals surface area contributed by atoms with Gasteiger partial charge in [-0.15, -0.1) is 6.58 Å². The van der Waals surface area contributed by atoms with Crippen LogP contribution in [0.4, 0.5) is 0 Å². The fourth-order valence-electron chi connectivity index (χ4n) is 2.30. The third-order valence-electron chi connectivity index (χ3n) is 3.77. The van der Waals surface area contributed by atoms with Crippen molar-refractivity contribution in [1.82, 2.24) is 15.6 Å². The highest BCUT2D eigenvalue weighted by atomic mass is 35.5. The van der Waals surface area contributed by atoms with E-state index in [4.69, 9.17) is 27.9 Å². The third-order valence-corrected chi connectivity index (χ3v) is 4.51. The molecule has 1 aromatic heterocycles. The van der Waals surface area contributed by atoms with Crippen molar-refractivity contribution in [3.63, 3.8) is 0 Å². The van der Waals surface area contributed by atoms with Crippen molar-refractivity contribution in [3.8, 4) is 5.75 Å². The number of carbonyl (C=O) groups excluding carboxylic acids is 2. The van der Waals surface area contributed by atoms with Crippen LogP contribution in [-0.4, -0.2) is 36.0 Å². The molecular weight excluding hydrogens is 401 g/mol. The highest BCUT2D eigenvalue weighted by Gasteiger charge is 2.12. The molecule has 2 amide bonds. The summed E-state index contributed by atoms with van der Waals surface area (Å²) in [4.78, 5) is 28.0. The van der Waals surface area contributed by atoms with Gasteiger partial charge in [0.1, 0.15) is 11.4 Å². The summed E-state index contributed by atoms with van der Waals surface area (Å²) in [6, 6.07) is 9.72. The van der Waals surface area contributed by atoms with Gasteiger partial charge in [-0.2, -0.15) is 0 Å². The molecule has 1 heterocycles. The van der Waals surface area contributed by atoms with Gasteiger partial charge in [0.25, 0.3) is 11.8 Å². The highest BCUT2D eigenvalue weighted by molar-refractivity contribution is 6.42. The number of benzene rings is 1. The van der Waals surface area contributed by atoms with Gasteiger partial charge in [-0.3, -0.25) is 14.6 Å². The number of carbonyl (C=O) groups is 2. The average Bonchev–Trinajstić information content (AvgIpc) is 2.71. The molecule has 1 unspecified atom stereocenters. The minimum Gasteiger partial charge on any atom is -0.484 e. The molecule has 0 aliphatic heterocycles. The Morgan fingerprint density at radius 2 is 2.04 bits per heavy atom. The van der Waals surface area contributed by atoms with Crippen LogP contribution in [0, 0.1) is 0 Å². The van der Waals surface area contributed by atoms with Crippen molar-refractivity contribution in [2.24, 2.45) is 0 Å². The third kappa shape index (κ3) is 7.21. The Hall–Kier alpha value is -2.57. The molecule has 0 saturated heterocycles. The average molecular weight is 422 g/mol. The van der Waals surface area contributed by atoms with E-state index in [9.17, 15) is 9.59 Å². The van der Waals surface area contributed by atoms with E-state index in [0.29, 0.717) is 40.9 Å². The molecule has 1 aromatic carbocycles. The van der Waals surface area contributed by atoms with E-state index < -0.39 is 0 Å². The summed E-state index contributed by atoms with van der Waals surface area (Å²) in [5.74, 6) is -0.0446. The normalized spacial score (nSPS) is 11.4. The number of pyridine rings is 1. The fraction of sp³-hybridized carbons (Fsp3) is 0.250. The molecule has 6 nitrogen and oxygen atoms in total. The molecular formula is C20H21Cl2N3O3. The van der Waals surface area contributed by atoms with Crippen molar-refractivity contribution in [1.29, 1.82) is 0 Å². The first-order valence-corrected chi connectivity index (χ1v) is 9.44. The predicted molar refractivity (Wildman–Crippen MR) is 110 cm³/mol. The van der Waals surface area contributed by atoms with Gasteiger partial charge in [-0.1, -0.05) is 35.3 Å². The van der Waals surface area contributed by atoms with Crippen LogP contribution in [0.25, 0.3) is 0 Å². The van der Waals surface area contributed by atoms with E-state index >= 15 is 0 Å². The number of nitrogens with one attached hydrogen (secondary N) is 2. The number of hydrogen-bond acceptors (Lipinski definition) is 4. The molecule has 0 bridgehead atoms. The Morgan fingerprint density at radius 1 is 1.21 bits per heavy atom. The molecule has 0 spiro atoms. The van der Waals surface area contributed by atoms with E-state index in [2.05, 4.69) is 22.2 Å². The van der Waals surface area contributed by atoms with E-state index in [0.717, 1.165) is 0 Å². The lowest BCUT2D eigenvalue weighted by Gasteiger charge is -2.14. The van der Waals surface area contributed by atoms with Crippen molar-refractivity contribution >= 4 is 35.0 Å². The van der Waals surface area contributed by atoms with Crippen LogP contribution in [0.15, 0.2) is 55.3 Å². The maximum atomic E-state index is 12.1. The maximum Gasteiger partial charge on any atom is 0.270 e. The number of amides is 2. The second kappa shape index (κ2) is 11.3. The summed E-state index contributed by atoms with van der Waals surface area (Å²) in [7, 11) is 0. The lowest BCUT2D eigenvalue weighted by molar-refractivity contribution is -0.123. The van der Waals surface area contributed by atoms with Crippen molar-refractivity contribution in [2.45, 2.75) is 18.9 Å². The molecule has 1 atom stereocenters. The Morgan fingerprint density at radius 3 is 2.71 bits per heavy atom. The molecule has 2 rings (SSSR count). The number of halogens is 2. The van der Waals surface area contributed by atoms with Gasteiger partial charge >= 0.3 is 0 Å². The summed E-state index contributed by atoms with van der Waals surface area (Å²) in [5.41, 5.74) is 0.349. The lowest BCUT2D eigenvalue weighted by Crippen LogP contribution is -2.35. The molecule has 0 saturated carbocycles. The van der Waals surface area contributed by atoms with Crippen LogP contribution in [0.5, 0.6) is 5.75 Å². The zero-order valence-corrected chi connectivity index (χ0v) is 16.7. The van der Waals surface area contributed by atoms with Gasteiger partial charge in [0, 0.05) is 24.8 Å². The number of rotatable bonds is 10. The van der Waals surface area contributed by atoms with Gasteiger partial charge < -0.3 is 15.4 Å². The predicted octanol–water partition coefficient (Wildman–Crippen LogP) is 3.65. The summed E-state index contributed by atoms with van der Waals surface area (Å²) in [6.07, 6.45) is 4.52. The standard InChI is InChI=1S/C20H21Cl2N3O3/c1-2-14(25-20(27)18-7-3-4-10-23-18)6-5-11-24-19(26)13-28-15-8-9-16(21)17(22)12-15/h2-4,7-10,12,14H,1,5-6,11,13H2,(H,24,26)(H,25,27). The van der Waals surface area contributed by atoms with Gasteiger partial charge in [0.05, 0.1) is 10.0 Å². The molecule has 0 radical (unpaired) electrons. The van der Waals surface area contributed by atoms with E-state index in [1.807, 2.05) is 0 Å². The SMILES string of the molecule is C=CC(CCCNC(=O)COc1ccc(Cl)c(Cl)c1)NC(=O)c1ccccn1. The lowest BCUT2D eigenvalue weighted by atomic mass is 10.1. The van der Waals surface area contributed by atoms with Gasteiger partial charge in [-0.25, -0.2) is 0 Å². The quantitative estimate of drug-likeness (QED) is 0.453. The number of nitrogens with zero attached hydrogens (tertiary/aromatic N) is 1. The van der Waals surface area contributed by atoms with Crippen molar-refractivity contribution in [3.05, 3.63) is 71.0 Å². The number of aromatic nitrogens is 1. The molecule has 0 fully saturated rings. The Kier molecular flexibility index (Phi) is 8.78. The van der Waals surface area contributed by atoms with E-state index in [1.54, 1.807) is 48.7 Å². The molecule has 2 N–H and O–H groups in total. The molecule has 2 aromatic rings. The summed E-state index contributed by atoms with van der Waals surface area (Å²) >= 11 is 11.7. The minimum atomic E-state index is -0.260. The zero-order valence-electron chi connectivity index (χ0n) is 15.2. The van der Waals surface area contributed by atoms with Crippen LogP contribution in [0.1, 0.15) is 23.3 Å². The van der Waals surface area contributed by atoms with E-state index in [-0.39, 0.29) is 24.5 Å². The first kappa shape index (κ1) is 21.7. The van der Waals surface area contributed by atoms with Crippen molar-refractivity contribution in [2.75, 3.05) is 13.2 Å². The molecule has 0 aliphatic carbocycles. The smallest absolute Gasteiger partial charge is 0.270 e. The summed E-state index contributed by atoms with van der Waals surface area (Å²) in [5, 5.41) is 6.39. The van der Waals surface area contributed by atoms with Crippen LogP contribution in [-0.2, 0) is 4.79 Å². The maximum absolute atomic E-state index is 12.1. The number of ether oxygens (including phenoxy) is 1. The van der Waals surface area contributed by atoms with Crippen LogP contribution in [0.3, 0.4) is 0 Å². The Labute approximate surface area is 173 Å². The van der Waals surface area contributed by atoms with Gasteiger partial charge in [-0.05, 0) is 37.1 Å².